The van der Waals surface area contributed by atoms with Gasteiger partial charge in [0.25, 0.3) is 11.1 Å². The second-order valence-corrected chi connectivity index (χ2v) is 9.11. The van der Waals surface area contributed by atoms with Crippen molar-refractivity contribution in [3.8, 4) is 17.0 Å². The van der Waals surface area contributed by atoms with Crippen LogP contribution < -0.4 is 10.1 Å². The van der Waals surface area contributed by atoms with E-state index in [4.69, 9.17) is 32.4 Å². The molecule has 1 atom stereocenters. The predicted octanol–water partition coefficient (Wildman–Crippen LogP) is 6.37. The Bertz CT molecular complexity index is 1220. The van der Waals surface area contributed by atoms with E-state index in [-0.39, 0.29) is 22.8 Å². The summed E-state index contributed by atoms with van der Waals surface area (Å²) in [7, 11) is 0. The van der Waals surface area contributed by atoms with Gasteiger partial charge in [0.15, 0.2) is 11.2 Å². The van der Waals surface area contributed by atoms with E-state index in [0.717, 1.165) is 23.0 Å². The molecule has 2 aromatic heterocycles. The zero-order valence-corrected chi connectivity index (χ0v) is 19.8. The third-order valence-corrected chi connectivity index (χ3v) is 6.22. The normalized spacial score (nSPS) is 11.8. The first kappa shape index (κ1) is 22.6. The van der Waals surface area contributed by atoms with Crippen LogP contribution in [0.2, 0.25) is 10.0 Å². The number of ether oxygens (including phenoxy) is 1. The molecule has 4 aromatic rings. The molecule has 0 saturated carbocycles. The number of aromatic nitrogens is 3. The van der Waals surface area contributed by atoms with Crippen molar-refractivity contribution in [2.24, 2.45) is 0 Å². The molecule has 2 heterocycles. The van der Waals surface area contributed by atoms with E-state index >= 15 is 0 Å². The maximum Gasteiger partial charge on any atom is 0.277 e. The molecule has 0 saturated heterocycles. The molecule has 0 aliphatic heterocycles. The lowest BCUT2D eigenvalue weighted by atomic mass is 10.2. The standard InChI is InChI=1S/C21H16Cl2N4O3S2/c1-12(29-17-8-7-14(22)9-15(17)23)19-26-27-21(30-19)32-11-18(28)25-20-24-16(10-31-20)13-5-3-2-4-6-13/h2-10,12H,11H2,1H3,(H,24,25,28)/t12-/m1/s1. The zero-order valence-electron chi connectivity index (χ0n) is 16.6. The van der Waals surface area contributed by atoms with Gasteiger partial charge in [0.2, 0.25) is 5.91 Å². The van der Waals surface area contributed by atoms with Gasteiger partial charge in [-0.05, 0) is 25.1 Å². The van der Waals surface area contributed by atoms with Crippen molar-refractivity contribution in [1.82, 2.24) is 15.2 Å². The van der Waals surface area contributed by atoms with Crippen molar-refractivity contribution in [3.63, 3.8) is 0 Å². The third-order valence-electron chi connectivity index (χ3n) is 4.11. The fourth-order valence-electron chi connectivity index (χ4n) is 2.61. The van der Waals surface area contributed by atoms with Crippen molar-refractivity contribution in [1.29, 1.82) is 0 Å². The van der Waals surface area contributed by atoms with Crippen LogP contribution in [0.5, 0.6) is 5.75 Å². The summed E-state index contributed by atoms with van der Waals surface area (Å²) in [4.78, 5) is 16.7. The van der Waals surface area contributed by atoms with Gasteiger partial charge in [-0.3, -0.25) is 4.79 Å². The first-order valence-electron chi connectivity index (χ1n) is 9.36. The number of benzene rings is 2. The van der Waals surface area contributed by atoms with Gasteiger partial charge < -0.3 is 14.5 Å². The summed E-state index contributed by atoms with van der Waals surface area (Å²) in [5, 5.41) is 14.3. The van der Waals surface area contributed by atoms with Crippen LogP contribution in [0, 0.1) is 0 Å². The molecule has 1 N–H and O–H groups in total. The molecule has 0 aliphatic carbocycles. The summed E-state index contributed by atoms with van der Waals surface area (Å²) in [6, 6.07) is 14.7. The zero-order chi connectivity index (χ0) is 22.5. The predicted molar refractivity (Wildman–Crippen MR) is 127 cm³/mol. The lowest BCUT2D eigenvalue weighted by Crippen LogP contribution is -2.13. The summed E-state index contributed by atoms with van der Waals surface area (Å²) >= 11 is 14.5. The minimum atomic E-state index is -0.531. The number of hydrogen-bond acceptors (Lipinski definition) is 8. The van der Waals surface area contributed by atoms with Crippen LogP contribution in [-0.4, -0.2) is 26.8 Å². The largest absolute Gasteiger partial charge is 0.479 e. The number of halogens is 2. The topological polar surface area (TPSA) is 90.1 Å². The molecule has 0 fully saturated rings. The Labute approximate surface area is 202 Å². The van der Waals surface area contributed by atoms with Gasteiger partial charge in [0.05, 0.1) is 16.5 Å². The van der Waals surface area contributed by atoms with E-state index in [0.29, 0.717) is 20.9 Å². The number of anilines is 1. The van der Waals surface area contributed by atoms with Crippen molar-refractivity contribution in [2.45, 2.75) is 18.3 Å². The second kappa shape index (κ2) is 10.4. The van der Waals surface area contributed by atoms with E-state index in [1.165, 1.54) is 11.3 Å². The van der Waals surface area contributed by atoms with Crippen LogP contribution in [0.4, 0.5) is 5.13 Å². The molecule has 2 aromatic carbocycles. The van der Waals surface area contributed by atoms with Crippen LogP contribution in [0.25, 0.3) is 11.3 Å². The van der Waals surface area contributed by atoms with Crippen LogP contribution in [-0.2, 0) is 4.79 Å². The van der Waals surface area contributed by atoms with Gasteiger partial charge in [-0.15, -0.1) is 21.5 Å². The third kappa shape index (κ3) is 5.80. The van der Waals surface area contributed by atoms with Gasteiger partial charge in [-0.25, -0.2) is 4.98 Å². The molecule has 7 nitrogen and oxygen atoms in total. The summed E-state index contributed by atoms with van der Waals surface area (Å²) < 4.78 is 11.4. The number of hydrogen-bond donors (Lipinski definition) is 1. The summed E-state index contributed by atoms with van der Waals surface area (Å²) in [6.45, 7) is 1.76. The number of rotatable bonds is 8. The van der Waals surface area contributed by atoms with Crippen molar-refractivity contribution < 1.29 is 13.9 Å². The Hall–Kier alpha value is -2.59. The Kier molecular flexibility index (Phi) is 7.31. The molecule has 32 heavy (non-hydrogen) atoms. The number of nitrogens with zero attached hydrogens (tertiary/aromatic N) is 3. The van der Waals surface area contributed by atoms with Gasteiger partial charge in [-0.2, -0.15) is 0 Å². The quantitative estimate of drug-likeness (QED) is 0.277. The minimum absolute atomic E-state index is 0.0974. The Morgan fingerprint density at radius 3 is 2.81 bits per heavy atom. The maximum absolute atomic E-state index is 12.3. The van der Waals surface area contributed by atoms with Crippen LogP contribution in [0.15, 0.2) is 63.6 Å². The van der Waals surface area contributed by atoms with E-state index in [1.807, 2.05) is 35.7 Å². The first-order chi connectivity index (χ1) is 15.5. The van der Waals surface area contributed by atoms with E-state index in [1.54, 1.807) is 25.1 Å². The molecule has 0 radical (unpaired) electrons. The number of thioether (sulfide) groups is 1. The first-order valence-corrected chi connectivity index (χ1v) is 12.0. The SMILES string of the molecule is C[C@@H](Oc1ccc(Cl)cc1Cl)c1nnc(SCC(=O)Nc2nc(-c3ccccc3)cs2)o1. The number of amides is 1. The molecule has 4 rings (SSSR count). The lowest BCUT2D eigenvalue weighted by Gasteiger charge is -2.12. The van der Waals surface area contributed by atoms with Gasteiger partial charge >= 0.3 is 0 Å². The average Bonchev–Trinajstić information content (AvgIpc) is 3.45. The number of carbonyl (C=O) groups excluding carboxylic acids is 1. The smallest absolute Gasteiger partial charge is 0.277 e. The molecular formula is C21H16Cl2N4O3S2. The van der Waals surface area contributed by atoms with Crippen molar-refractivity contribution >= 4 is 57.3 Å². The van der Waals surface area contributed by atoms with Crippen LogP contribution in [0.3, 0.4) is 0 Å². The van der Waals surface area contributed by atoms with Gasteiger partial charge in [-0.1, -0.05) is 65.3 Å². The highest BCUT2D eigenvalue weighted by molar-refractivity contribution is 7.99. The van der Waals surface area contributed by atoms with Crippen molar-refractivity contribution in [2.75, 3.05) is 11.1 Å². The molecule has 0 bridgehead atoms. The minimum Gasteiger partial charge on any atom is -0.479 e. The lowest BCUT2D eigenvalue weighted by molar-refractivity contribution is -0.113. The Morgan fingerprint density at radius 2 is 2.03 bits per heavy atom. The molecular weight excluding hydrogens is 491 g/mol. The molecule has 1 amide bonds. The highest BCUT2D eigenvalue weighted by Crippen LogP contribution is 2.31. The Balaban J connectivity index is 1.29. The van der Waals surface area contributed by atoms with Gasteiger partial charge in [0.1, 0.15) is 5.75 Å². The monoisotopic (exact) mass is 506 g/mol. The second-order valence-electron chi connectivity index (χ2n) is 6.48. The van der Waals surface area contributed by atoms with E-state index in [2.05, 4.69) is 20.5 Å². The number of carbonyl (C=O) groups is 1. The Morgan fingerprint density at radius 1 is 1.22 bits per heavy atom. The van der Waals surface area contributed by atoms with Crippen molar-refractivity contribution in [3.05, 3.63) is 69.8 Å². The van der Waals surface area contributed by atoms with E-state index < -0.39 is 6.10 Å². The fourth-order valence-corrected chi connectivity index (χ4v) is 4.37. The molecule has 164 valence electrons. The summed E-state index contributed by atoms with van der Waals surface area (Å²) in [6.07, 6.45) is -0.531. The molecule has 0 spiro atoms. The highest BCUT2D eigenvalue weighted by atomic mass is 35.5. The summed E-state index contributed by atoms with van der Waals surface area (Å²) in [5.41, 5.74) is 1.81. The van der Waals surface area contributed by atoms with Crippen LogP contribution in [0.1, 0.15) is 18.9 Å². The average molecular weight is 507 g/mol. The summed E-state index contributed by atoms with van der Waals surface area (Å²) in [5.74, 6) is 0.598. The maximum atomic E-state index is 12.3. The molecule has 0 aliphatic rings. The van der Waals surface area contributed by atoms with Crippen LogP contribution >= 0.6 is 46.3 Å². The molecule has 11 heteroatoms. The molecule has 0 unspecified atom stereocenters. The van der Waals surface area contributed by atoms with E-state index in [9.17, 15) is 4.79 Å². The van der Waals surface area contributed by atoms with Gasteiger partial charge in [0, 0.05) is 16.0 Å². The number of thiazole rings is 1. The number of nitrogens with one attached hydrogen (secondary N) is 1. The fraction of sp³-hybridized carbons (Fsp3) is 0.143. The highest BCUT2D eigenvalue weighted by Gasteiger charge is 2.18.